The van der Waals surface area contributed by atoms with Gasteiger partial charge in [-0.15, -0.1) is 0 Å². The fourth-order valence-corrected chi connectivity index (χ4v) is 3.47. The Morgan fingerprint density at radius 3 is 2.35 bits per heavy atom. The summed E-state index contributed by atoms with van der Waals surface area (Å²) in [6.45, 7) is 6.35. The molecule has 3 rings (SSSR count). The van der Waals surface area contributed by atoms with Crippen molar-refractivity contribution >= 4 is 22.7 Å². The quantitative estimate of drug-likeness (QED) is 0.481. The van der Waals surface area contributed by atoms with Gasteiger partial charge in [-0.05, 0) is 55.7 Å². The van der Waals surface area contributed by atoms with Crippen LogP contribution in [0.25, 0.3) is 10.9 Å². The molecule has 31 heavy (non-hydrogen) atoms. The maximum atomic E-state index is 11.8. The Morgan fingerprint density at radius 2 is 1.71 bits per heavy atom. The summed E-state index contributed by atoms with van der Waals surface area (Å²) in [5.41, 5.74) is 3.15. The summed E-state index contributed by atoms with van der Waals surface area (Å²) in [6.07, 6.45) is 2.45. The number of unbranched alkanes of at least 4 members (excludes halogenated alkanes) is 1. The summed E-state index contributed by atoms with van der Waals surface area (Å²) in [5.74, 6) is 2.47. The van der Waals surface area contributed by atoms with Crippen molar-refractivity contribution in [2.45, 2.75) is 33.6 Å². The zero-order valence-electron chi connectivity index (χ0n) is 18.6. The number of nitrogens with zero attached hydrogens (tertiary/aromatic N) is 2. The van der Waals surface area contributed by atoms with Crippen molar-refractivity contribution in [2.75, 3.05) is 25.7 Å². The third-order valence-electron chi connectivity index (χ3n) is 5.39. The number of methoxy groups -OCH3 is 2. The van der Waals surface area contributed by atoms with Gasteiger partial charge in [0.2, 0.25) is 0 Å². The Bertz CT molecular complexity index is 1100. The summed E-state index contributed by atoms with van der Waals surface area (Å²) >= 11 is 0. The van der Waals surface area contributed by atoms with Crippen LogP contribution in [0.3, 0.4) is 0 Å². The van der Waals surface area contributed by atoms with E-state index in [0.29, 0.717) is 35.2 Å². The van der Waals surface area contributed by atoms with E-state index in [1.807, 2.05) is 32.9 Å². The number of amides is 1. The summed E-state index contributed by atoms with van der Waals surface area (Å²) in [7, 11) is 3.16. The van der Waals surface area contributed by atoms with Crippen LogP contribution in [-0.2, 0) is 0 Å². The molecule has 0 bridgehead atoms. The van der Waals surface area contributed by atoms with Crippen LogP contribution >= 0.6 is 0 Å². The average Bonchev–Trinajstić information content (AvgIpc) is 2.77. The Hall–Kier alpha value is -3.48. The highest BCUT2D eigenvalue weighted by atomic mass is 16.5. The van der Waals surface area contributed by atoms with Gasteiger partial charge in [-0.3, -0.25) is 9.88 Å². The van der Waals surface area contributed by atoms with Gasteiger partial charge in [0.25, 0.3) is 0 Å². The van der Waals surface area contributed by atoms with Crippen LogP contribution in [0.4, 0.5) is 10.5 Å². The number of hydrogen-bond acceptors (Lipinski definition) is 5. The highest BCUT2D eigenvalue weighted by Crippen LogP contribution is 2.39. The Balaban J connectivity index is 2.01. The van der Waals surface area contributed by atoms with Crippen LogP contribution in [0, 0.1) is 13.8 Å². The number of carboxylic acid groups (broad SMARTS) is 1. The summed E-state index contributed by atoms with van der Waals surface area (Å²) in [6, 6.07) is 9.05. The highest BCUT2D eigenvalue weighted by Gasteiger charge is 2.19. The number of rotatable bonds is 8. The van der Waals surface area contributed by atoms with Gasteiger partial charge < -0.3 is 19.3 Å². The molecule has 7 heteroatoms. The van der Waals surface area contributed by atoms with E-state index in [1.54, 1.807) is 38.6 Å². The molecule has 0 atom stereocenters. The number of benzene rings is 2. The Morgan fingerprint density at radius 1 is 1.00 bits per heavy atom. The predicted molar refractivity (Wildman–Crippen MR) is 121 cm³/mol. The molecule has 0 radical (unpaired) electrons. The van der Waals surface area contributed by atoms with E-state index in [4.69, 9.17) is 14.2 Å². The molecule has 2 aromatic carbocycles. The average molecular weight is 424 g/mol. The lowest BCUT2D eigenvalue weighted by atomic mass is 10.1. The molecule has 0 aliphatic rings. The monoisotopic (exact) mass is 424 g/mol. The minimum Gasteiger partial charge on any atom is -0.493 e. The lowest BCUT2D eigenvalue weighted by Crippen LogP contribution is -2.31. The van der Waals surface area contributed by atoms with Crippen molar-refractivity contribution in [1.82, 2.24) is 4.98 Å². The molecule has 3 aromatic rings. The molecular formula is C24H28N2O5. The maximum Gasteiger partial charge on any atom is 0.411 e. The molecule has 1 aromatic heterocycles. The van der Waals surface area contributed by atoms with Crippen LogP contribution in [0.5, 0.6) is 23.0 Å². The smallest absolute Gasteiger partial charge is 0.411 e. The number of carbonyl (C=O) groups is 1. The normalized spacial score (nSPS) is 10.7. The molecule has 1 amide bonds. The van der Waals surface area contributed by atoms with E-state index in [2.05, 4.69) is 4.98 Å². The lowest BCUT2D eigenvalue weighted by Gasteiger charge is -2.23. The molecular weight excluding hydrogens is 396 g/mol. The minimum absolute atomic E-state index is 0.461. The fourth-order valence-electron chi connectivity index (χ4n) is 3.47. The summed E-state index contributed by atoms with van der Waals surface area (Å²) in [4.78, 5) is 17.6. The second kappa shape index (κ2) is 9.55. The SMILES string of the molecule is CCCCN(C(=O)O)c1ccc(Oc2ccnc3cc(OC)c(OC)cc23)c(C)c1C. The van der Waals surface area contributed by atoms with Crippen molar-refractivity contribution in [3.8, 4) is 23.0 Å². The van der Waals surface area contributed by atoms with Crippen LogP contribution in [0.2, 0.25) is 0 Å². The van der Waals surface area contributed by atoms with Crippen molar-refractivity contribution in [3.63, 3.8) is 0 Å². The topological polar surface area (TPSA) is 81.1 Å². The van der Waals surface area contributed by atoms with E-state index < -0.39 is 6.09 Å². The number of anilines is 1. The number of fused-ring (bicyclic) bond motifs is 1. The molecule has 0 saturated carbocycles. The van der Waals surface area contributed by atoms with E-state index in [1.165, 1.54) is 4.90 Å². The van der Waals surface area contributed by atoms with Gasteiger partial charge in [-0.1, -0.05) is 13.3 Å². The van der Waals surface area contributed by atoms with Gasteiger partial charge in [0.05, 0.1) is 25.4 Å². The van der Waals surface area contributed by atoms with Gasteiger partial charge in [0.1, 0.15) is 11.5 Å². The van der Waals surface area contributed by atoms with Crippen molar-refractivity contribution in [3.05, 3.63) is 47.7 Å². The standard InChI is InChI=1S/C24H28N2O5/c1-6-7-12-26(24(27)28)19-8-9-20(16(3)15(19)2)31-21-10-11-25-18-14-23(30-5)22(29-4)13-17(18)21/h8-11,13-14H,6-7,12H2,1-5H3,(H,27,28). The van der Waals surface area contributed by atoms with Crippen LogP contribution in [0.1, 0.15) is 30.9 Å². The third kappa shape index (κ3) is 4.50. The van der Waals surface area contributed by atoms with E-state index in [-0.39, 0.29) is 0 Å². The van der Waals surface area contributed by atoms with Crippen molar-refractivity contribution in [2.24, 2.45) is 0 Å². The molecule has 1 N–H and O–H groups in total. The molecule has 0 aliphatic carbocycles. The van der Waals surface area contributed by atoms with Gasteiger partial charge >= 0.3 is 6.09 Å². The molecule has 0 fully saturated rings. The molecule has 0 saturated heterocycles. The number of pyridine rings is 1. The Kier molecular flexibility index (Phi) is 6.84. The first-order valence-corrected chi connectivity index (χ1v) is 10.2. The number of hydrogen-bond donors (Lipinski definition) is 1. The largest absolute Gasteiger partial charge is 0.493 e. The minimum atomic E-state index is -0.953. The zero-order chi connectivity index (χ0) is 22.5. The van der Waals surface area contributed by atoms with Crippen LogP contribution in [-0.4, -0.2) is 36.9 Å². The highest BCUT2D eigenvalue weighted by molar-refractivity contribution is 5.89. The van der Waals surface area contributed by atoms with Gasteiger partial charge in [-0.2, -0.15) is 0 Å². The van der Waals surface area contributed by atoms with Gasteiger partial charge in [0.15, 0.2) is 11.5 Å². The molecule has 1 heterocycles. The second-order valence-corrected chi connectivity index (χ2v) is 7.26. The third-order valence-corrected chi connectivity index (χ3v) is 5.39. The van der Waals surface area contributed by atoms with Gasteiger partial charge in [-0.25, -0.2) is 4.79 Å². The maximum absolute atomic E-state index is 11.8. The van der Waals surface area contributed by atoms with Crippen LogP contribution in [0.15, 0.2) is 36.5 Å². The lowest BCUT2D eigenvalue weighted by molar-refractivity contribution is 0.201. The second-order valence-electron chi connectivity index (χ2n) is 7.26. The van der Waals surface area contributed by atoms with Crippen LogP contribution < -0.4 is 19.1 Å². The Labute approximate surface area is 182 Å². The predicted octanol–water partition coefficient (Wildman–Crippen LogP) is 5.95. The number of ether oxygens (including phenoxy) is 3. The first-order chi connectivity index (χ1) is 14.9. The summed E-state index contributed by atoms with van der Waals surface area (Å²) in [5, 5.41) is 10.4. The summed E-state index contributed by atoms with van der Waals surface area (Å²) < 4.78 is 17.0. The molecule has 0 aliphatic heterocycles. The molecule has 0 unspecified atom stereocenters. The fraction of sp³-hybridized carbons (Fsp3) is 0.333. The number of aromatic nitrogens is 1. The van der Waals surface area contributed by atoms with Crippen molar-refractivity contribution in [1.29, 1.82) is 0 Å². The first kappa shape index (κ1) is 22.2. The van der Waals surface area contributed by atoms with Gasteiger partial charge in [0, 0.05) is 24.2 Å². The molecule has 164 valence electrons. The molecule has 7 nitrogen and oxygen atoms in total. The first-order valence-electron chi connectivity index (χ1n) is 10.2. The zero-order valence-corrected chi connectivity index (χ0v) is 18.6. The van der Waals surface area contributed by atoms with E-state index in [9.17, 15) is 9.90 Å². The van der Waals surface area contributed by atoms with E-state index in [0.717, 1.165) is 34.9 Å². The van der Waals surface area contributed by atoms with E-state index >= 15 is 0 Å². The van der Waals surface area contributed by atoms with Crippen molar-refractivity contribution < 1.29 is 24.1 Å². The molecule has 0 spiro atoms.